The van der Waals surface area contributed by atoms with Crippen molar-refractivity contribution in [3.8, 4) is 0 Å². The first kappa shape index (κ1) is 32.1. The van der Waals surface area contributed by atoms with Crippen molar-refractivity contribution in [1.82, 2.24) is 20.3 Å². The van der Waals surface area contributed by atoms with Crippen molar-refractivity contribution in [2.75, 3.05) is 13.7 Å². The summed E-state index contributed by atoms with van der Waals surface area (Å²) in [7, 11) is 1.14. The van der Waals surface area contributed by atoms with Gasteiger partial charge in [-0.15, -0.1) is 5.10 Å². The number of methoxy groups -OCH3 is 1. The van der Waals surface area contributed by atoms with Crippen LogP contribution in [0.4, 0.5) is 9.59 Å². The summed E-state index contributed by atoms with van der Waals surface area (Å²) in [5.74, 6) is 0.255. The van der Waals surface area contributed by atoms with Gasteiger partial charge in [-0.05, 0) is 63.4 Å². The molecule has 1 amide bonds. The van der Waals surface area contributed by atoms with Gasteiger partial charge in [-0.1, -0.05) is 35.5 Å². The van der Waals surface area contributed by atoms with Crippen LogP contribution in [0.15, 0.2) is 36.5 Å². The molecule has 12 heteroatoms. The molecule has 2 saturated carbocycles. The number of rotatable bonds is 10. The third-order valence-electron chi connectivity index (χ3n) is 4.91. The van der Waals surface area contributed by atoms with Crippen LogP contribution < -0.4 is 5.32 Å². The Balaban J connectivity index is 0.000000797. The van der Waals surface area contributed by atoms with Gasteiger partial charge in [-0.3, -0.25) is 4.68 Å². The predicted octanol–water partition coefficient (Wildman–Crippen LogP) is 2.82. The largest absolute Gasteiger partial charge is 2.00 e. The van der Waals surface area contributed by atoms with E-state index in [4.69, 9.17) is 14.2 Å². The van der Waals surface area contributed by atoms with E-state index in [1.807, 2.05) is 63.9 Å². The third kappa shape index (κ3) is 12.5. The van der Waals surface area contributed by atoms with E-state index in [1.165, 1.54) is 0 Å². The van der Waals surface area contributed by atoms with Crippen molar-refractivity contribution in [1.29, 1.82) is 0 Å². The molecule has 1 aromatic carbocycles. The maximum atomic E-state index is 12.0. The standard InChI is InChI=1S/C22H23N4O7.C5H5.Fe/c1-30-20(27)19(23-21(28)31-13-17-9-3-2-4-10-17)15-33-22(29)32-14-18-12-26(25-24-18)11-16-7-5-6-8-16;1-2-4-5-3-1;/h2-10,12,19H,11,13-15H2,1H3,(H,23,28);1-5H;/q;;+2/t19-;;/m0../s1. The fourth-order valence-corrected chi connectivity index (χ4v) is 3.05. The third-order valence-corrected chi connectivity index (χ3v) is 4.91. The molecule has 0 saturated heterocycles. The summed E-state index contributed by atoms with van der Waals surface area (Å²) in [6, 6.07) is 7.74. The molecule has 0 bridgehead atoms. The first-order valence-corrected chi connectivity index (χ1v) is 11.6. The number of hydrogen-bond acceptors (Lipinski definition) is 9. The minimum absolute atomic E-state index is 0. The molecule has 0 unspecified atom stereocenters. The summed E-state index contributed by atoms with van der Waals surface area (Å²) in [6.07, 6.45) is 17.5. The maximum Gasteiger partial charge on any atom is 2.00 e. The molecule has 2 fully saturated rings. The maximum absolute atomic E-state index is 12.0. The Morgan fingerprint density at radius 3 is 2.21 bits per heavy atom. The fourth-order valence-electron chi connectivity index (χ4n) is 3.05. The van der Waals surface area contributed by atoms with Gasteiger partial charge in [0.15, 0.2) is 6.04 Å². The van der Waals surface area contributed by atoms with E-state index in [-0.39, 0.29) is 30.3 Å². The smallest absolute Gasteiger partial charge is 0.467 e. The molecule has 39 heavy (non-hydrogen) atoms. The zero-order valence-electron chi connectivity index (χ0n) is 21.1. The fraction of sp³-hybridized carbons (Fsp3) is 0.222. The first-order chi connectivity index (χ1) is 18.5. The minimum Gasteiger partial charge on any atom is -0.467 e. The summed E-state index contributed by atoms with van der Waals surface area (Å²) in [5.41, 5.74) is 1.19. The zero-order chi connectivity index (χ0) is 27.0. The van der Waals surface area contributed by atoms with Crippen molar-refractivity contribution in [3.05, 3.63) is 111 Å². The molecule has 2 aromatic rings. The second-order valence-corrected chi connectivity index (χ2v) is 7.79. The molecule has 1 aromatic heterocycles. The average Bonchev–Trinajstić information content (AvgIpc) is 3.74. The van der Waals surface area contributed by atoms with Crippen LogP contribution in [0.25, 0.3) is 0 Å². The average molecular weight is 576 g/mol. The van der Waals surface area contributed by atoms with Gasteiger partial charge in [-0.2, -0.15) is 0 Å². The van der Waals surface area contributed by atoms with Crippen molar-refractivity contribution >= 4 is 18.2 Å². The van der Waals surface area contributed by atoms with Crippen LogP contribution in [0, 0.1) is 63.7 Å². The van der Waals surface area contributed by atoms with Gasteiger partial charge in [0.05, 0.1) is 13.3 Å². The second-order valence-electron chi connectivity index (χ2n) is 7.79. The van der Waals surface area contributed by atoms with Crippen LogP contribution >= 0.6 is 0 Å². The van der Waals surface area contributed by atoms with E-state index in [0.717, 1.165) is 18.6 Å². The SMILES string of the molecule is COC(=O)[C@H](COC(=O)OCc1cn(C[C]2[CH][CH][CH][CH]2)nn1)NC(=O)OCc1ccccc1.[CH]1[CH][CH][CH][CH]1.[Fe+2]. The van der Waals surface area contributed by atoms with Crippen LogP contribution in [0.2, 0.25) is 0 Å². The summed E-state index contributed by atoms with van der Waals surface area (Å²) in [4.78, 5) is 35.8. The number of alkyl carbamates (subject to hydrolysis) is 1. The Morgan fingerprint density at radius 1 is 0.897 bits per heavy atom. The van der Waals surface area contributed by atoms with Gasteiger partial charge in [0.2, 0.25) is 0 Å². The zero-order valence-corrected chi connectivity index (χ0v) is 22.2. The first-order valence-electron chi connectivity index (χ1n) is 11.6. The molecular weight excluding hydrogens is 548 g/mol. The Kier molecular flexibility index (Phi) is 15.0. The van der Waals surface area contributed by atoms with E-state index >= 15 is 0 Å². The number of hydrogen-bond donors (Lipinski definition) is 1. The van der Waals surface area contributed by atoms with Gasteiger partial charge in [0.1, 0.15) is 25.5 Å². The van der Waals surface area contributed by atoms with E-state index in [0.29, 0.717) is 12.2 Å². The van der Waals surface area contributed by atoms with Crippen LogP contribution in [0.3, 0.4) is 0 Å². The molecule has 0 aliphatic heterocycles. The Bertz CT molecular complexity index is 987. The molecule has 10 radical (unpaired) electrons. The summed E-state index contributed by atoms with van der Waals surface area (Å²) in [6.45, 7) is -0.127. The van der Waals surface area contributed by atoms with Crippen LogP contribution in [0.1, 0.15) is 11.3 Å². The van der Waals surface area contributed by atoms with Crippen molar-refractivity contribution in [3.63, 3.8) is 0 Å². The molecule has 4 rings (SSSR count). The molecule has 1 atom stereocenters. The van der Waals surface area contributed by atoms with Gasteiger partial charge in [0, 0.05) is 12.5 Å². The molecule has 11 nitrogen and oxygen atoms in total. The number of amides is 1. The van der Waals surface area contributed by atoms with Crippen molar-refractivity contribution in [2.45, 2.75) is 25.8 Å². The molecule has 1 N–H and O–H groups in total. The molecular formula is C27H28FeN4O7+2. The second kappa shape index (κ2) is 18.2. The topological polar surface area (TPSA) is 131 Å². The van der Waals surface area contributed by atoms with Crippen molar-refractivity contribution in [2.24, 2.45) is 0 Å². The van der Waals surface area contributed by atoms with E-state index in [2.05, 4.69) is 20.4 Å². The normalized spacial score (nSPS) is 15.2. The van der Waals surface area contributed by atoms with Crippen LogP contribution in [0.5, 0.6) is 0 Å². The molecule has 0 spiro atoms. The quantitative estimate of drug-likeness (QED) is 0.258. The summed E-state index contributed by atoms with van der Waals surface area (Å²) in [5, 5.41) is 10.2. The van der Waals surface area contributed by atoms with Gasteiger partial charge < -0.3 is 24.3 Å². The van der Waals surface area contributed by atoms with E-state index < -0.39 is 30.9 Å². The number of benzene rings is 1. The Labute approximate surface area is 239 Å². The van der Waals surface area contributed by atoms with Crippen LogP contribution in [-0.4, -0.2) is 53.0 Å². The number of esters is 1. The number of nitrogens with zero attached hydrogens (tertiary/aromatic N) is 3. The number of nitrogens with one attached hydrogen (secondary N) is 1. The number of carbonyl (C=O) groups excluding carboxylic acids is 3. The summed E-state index contributed by atoms with van der Waals surface area (Å²) < 4.78 is 21.2. The predicted molar refractivity (Wildman–Crippen MR) is 134 cm³/mol. The number of carbonyl (C=O) groups is 3. The van der Waals surface area contributed by atoms with Gasteiger partial charge in [-0.25, -0.2) is 14.4 Å². The van der Waals surface area contributed by atoms with Crippen molar-refractivity contribution < 1.29 is 50.4 Å². The van der Waals surface area contributed by atoms with Crippen LogP contribution in [-0.2, 0) is 60.6 Å². The monoisotopic (exact) mass is 576 g/mol. The molecule has 1 heterocycles. The van der Waals surface area contributed by atoms with Gasteiger partial charge >= 0.3 is 35.3 Å². The van der Waals surface area contributed by atoms with E-state index in [1.54, 1.807) is 35.1 Å². The molecule has 204 valence electrons. The summed E-state index contributed by atoms with van der Waals surface area (Å²) >= 11 is 0. The molecule has 2 aliphatic rings. The molecule has 2 aliphatic carbocycles. The van der Waals surface area contributed by atoms with Gasteiger partial charge in [0.25, 0.3) is 0 Å². The Morgan fingerprint density at radius 2 is 1.56 bits per heavy atom. The van der Waals surface area contributed by atoms with E-state index in [9.17, 15) is 14.4 Å². The number of aromatic nitrogens is 3. The Hall–Kier alpha value is -3.11. The minimum atomic E-state index is -1.27. The number of ether oxygens (including phenoxy) is 4.